The second-order valence-corrected chi connectivity index (χ2v) is 8.97. The van der Waals surface area contributed by atoms with E-state index in [-0.39, 0.29) is 11.9 Å². The Labute approximate surface area is 200 Å². The van der Waals surface area contributed by atoms with Gasteiger partial charge in [-0.2, -0.15) is 0 Å². The summed E-state index contributed by atoms with van der Waals surface area (Å²) in [5, 5.41) is 12.5. The Hall–Kier alpha value is -3.49. The molecule has 0 bridgehead atoms. The highest BCUT2D eigenvalue weighted by Crippen LogP contribution is 2.39. The van der Waals surface area contributed by atoms with E-state index in [0.29, 0.717) is 27.4 Å². The van der Waals surface area contributed by atoms with Gasteiger partial charge < -0.3 is 15.5 Å². The van der Waals surface area contributed by atoms with Crippen LogP contribution < -0.4 is 15.5 Å². The SMILES string of the molecule is COc1cccc(NC(=O)[C@H]2Sc3nnc(-c4ccccc4)n3N[C@@H]2c2ccc(Cl)cc2)c1. The third kappa shape index (κ3) is 4.40. The molecule has 1 amide bonds. The molecule has 1 aliphatic rings. The second-order valence-electron chi connectivity index (χ2n) is 7.43. The van der Waals surface area contributed by atoms with Crippen LogP contribution in [-0.2, 0) is 4.79 Å². The summed E-state index contributed by atoms with van der Waals surface area (Å²) in [5.74, 6) is 1.20. The van der Waals surface area contributed by atoms with Gasteiger partial charge >= 0.3 is 0 Å². The molecule has 3 aromatic carbocycles. The Morgan fingerprint density at radius 3 is 2.61 bits per heavy atom. The summed E-state index contributed by atoms with van der Waals surface area (Å²) >= 11 is 7.48. The molecule has 2 N–H and O–H groups in total. The molecule has 33 heavy (non-hydrogen) atoms. The summed E-state index contributed by atoms with van der Waals surface area (Å²) < 4.78 is 7.11. The number of aromatic nitrogens is 3. The van der Waals surface area contributed by atoms with Gasteiger partial charge in [0.05, 0.1) is 13.2 Å². The van der Waals surface area contributed by atoms with Crippen LogP contribution in [-0.4, -0.2) is 33.1 Å². The van der Waals surface area contributed by atoms with Crippen LogP contribution in [0, 0.1) is 0 Å². The zero-order valence-corrected chi connectivity index (χ0v) is 19.2. The number of ether oxygens (including phenoxy) is 1. The molecule has 9 heteroatoms. The molecule has 0 spiro atoms. The van der Waals surface area contributed by atoms with Crippen molar-refractivity contribution in [3.05, 3.63) is 89.4 Å². The number of hydrogen-bond acceptors (Lipinski definition) is 6. The van der Waals surface area contributed by atoms with Gasteiger partial charge in [0.2, 0.25) is 11.1 Å². The summed E-state index contributed by atoms with van der Waals surface area (Å²) in [6, 6.07) is 24.2. The summed E-state index contributed by atoms with van der Waals surface area (Å²) in [4.78, 5) is 13.4. The Bertz CT molecular complexity index is 1280. The zero-order valence-electron chi connectivity index (χ0n) is 17.6. The van der Waals surface area contributed by atoms with Gasteiger partial charge in [-0.25, -0.2) is 4.68 Å². The number of carbonyl (C=O) groups excluding carboxylic acids is 1. The lowest BCUT2D eigenvalue weighted by Crippen LogP contribution is -2.41. The maximum atomic E-state index is 13.4. The third-order valence-electron chi connectivity index (χ3n) is 5.29. The number of hydrogen-bond donors (Lipinski definition) is 2. The van der Waals surface area contributed by atoms with Crippen molar-refractivity contribution in [2.45, 2.75) is 16.4 Å². The normalized spacial score (nSPS) is 17.0. The van der Waals surface area contributed by atoms with E-state index in [1.807, 2.05) is 77.5 Å². The number of halogens is 1. The van der Waals surface area contributed by atoms with Gasteiger partial charge in [0, 0.05) is 22.3 Å². The number of nitrogens with zero attached hydrogens (tertiary/aromatic N) is 3. The molecule has 0 radical (unpaired) electrons. The number of nitrogens with one attached hydrogen (secondary N) is 2. The van der Waals surface area contributed by atoms with Crippen LogP contribution in [0.3, 0.4) is 0 Å². The van der Waals surface area contributed by atoms with Gasteiger partial charge in [-0.05, 0) is 29.8 Å². The summed E-state index contributed by atoms with van der Waals surface area (Å²) in [6.07, 6.45) is 0. The van der Waals surface area contributed by atoms with Gasteiger partial charge in [-0.15, -0.1) is 10.2 Å². The van der Waals surface area contributed by atoms with E-state index < -0.39 is 5.25 Å². The minimum atomic E-state index is -0.502. The Balaban J connectivity index is 1.50. The highest BCUT2D eigenvalue weighted by Gasteiger charge is 2.38. The largest absolute Gasteiger partial charge is 0.497 e. The fourth-order valence-electron chi connectivity index (χ4n) is 3.66. The fraction of sp³-hybridized carbons (Fsp3) is 0.125. The predicted octanol–water partition coefficient (Wildman–Crippen LogP) is 5.00. The first-order valence-electron chi connectivity index (χ1n) is 10.3. The van der Waals surface area contributed by atoms with E-state index in [2.05, 4.69) is 20.9 Å². The first-order valence-corrected chi connectivity index (χ1v) is 11.5. The quantitative estimate of drug-likeness (QED) is 0.421. The highest BCUT2D eigenvalue weighted by molar-refractivity contribution is 8.00. The molecule has 2 atom stereocenters. The lowest BCUT2D eigenvalue weighted by Gasteiger charge is -2.33. The van der Waals surface area contributed by atoms with Gasteiger partial charge in [0.25, 0.3) is 0 Å². The molecule has 1 aromatic heterocycles. The van der Waals surface area contributed by atoms with Crippen LogP contribution in [0.5, 0.6) is 5.75 Å². The molecule has 0 unspecified atom stereocenters. The maximum Gasteiger partial charge on any atom is 0.240 e. The molecule has 0 aliphatic carbocycles. The van der Waals surface area contributed by atoms with Crippen LogP contribution in [0.15, 0.2) is 84.0 Å². The standard InChI is InChI=1S/C24H20ClN5O2S/c1-32-19-9-5-8-18(14-19)26-23(31)21-20(15-10-12-17(25)13-11-15)29-30-22(27-28-24(30)33-21)16-6-3-2-4-7-16/h2-14,20-21,29H,1H3,(H,26,31)/t20-,21+/m1/s1. The number of amides is 1. The van der Waals surface area contributed by atoms with Gasteiger partial charge in [0.1, 0.15) is 11.0 Å². The summed E-state index contributed by atoms with van der Waals surface area (Å²) in [5.41, 5.74) is 5.98. The summed E-state index contributed by atoms with van der Waals surface area (Å²) in [7, 11) is 1.59. The maximum absolute atomic E-state index is 13.4. The fourth-order valence-corrected chi connectivity index (χ4v) is 4.87. The lowest BCUT2D eigenvalue weighted by atomic mass is 10.0. The van der Waals surface area contributed by atoms with Crippen molar-refractivity contribution in [3.8, 4) is 17.1 Å². The molecule has 166 valence electrons. The van der Waals surface area contributed by atoms with Crippen molar-refractivity contribution >= 4 is 35.0 Å². The van der Waals surface area contributed by atoms with Crippen molar-refractivity contribution in [3.63, 3.8) is 0 Å². The monoisotopic (exact) mass is 477 g/mol. The van der Waals surface area contributed by atoms with Crippen molar-refractivity contribution < 1.29 is 9.53 Å². The number of anilines is 1. The smallest absolute Gasteiger partial charge is 0.240 e. The van der Waals surface area contributed by atoms with Crippen molar-refractivity contribution in [1.82, 2.24) is 14.9 Å². The summed E-state index contributed by atoms with van der Waals surface area (Å²) in [6.45, 7) is 0. The van der Waals surface area contributed by atoms with Crippen LogP contribution in [0.4, 0.5) is 5.69 Å². The second kappa shape index (κ2) is 9.17. The van der Waals surface area contributed by atoms with Crippen molar-refractivity contribution in [2.75, 3.05) is 17.9 Å². The number of fused-ring (bicyclic) bond motifs is 1. The van der Waals surface area contributed by atoms with Crippen molar-refractivity contribution in [2.24, 2.45) is 0 Å². The lowest BCUT2D eigenvalue weighted by molar-refractivity contribution is -0.116. The Kier molecular flexibility index (Phi) is 5.93. The number of carbonyl (C=O) groups is 1. The number of rotatable bonds is 5. The molecule has 2 heterocycles. The average molecular weight is 478 g/mol. The molecule has 5 rings (SSSR count). The van der Waals surface area contributed by atoms with Crippen LogP contribution in [0.1, 0.15) is 11.6 Å². The van der Waals surface area contributed by atoms with E-state index in [4.69, 9.17) is 16.3 Å². The number of thioether (sulfide) groups is 1. The Morgan fingerprint density at radius 1 is 1.06 bits per heavy atom. The first-order chi connectivity index (χ1) is 16.1. The highest BCUT2D eigenvalue weighted by atomic mass is 35.5. The van der Waals surface area contributed by atoms with Gasteiger partial charge in [0.15, 0.2) is 5.82 Å². The van der Waals surface area contributed by atoms with E-state index in [0.717, 1.165) is 11.1 Å². The molecule has 0 saturated heterocycles. The Morgan fingerprint density at radius 2 is 1.85 bits per heavy atom. The minimum absolute atomic E-state index is 0.156. The van der Waals surface area contributed by atoms with Gasteiger partial charge in [-0.1, -0.05) is 71.9 Å². The van der Waals surface area contributed by atoms with E-state index in [1.165, 1.54) is 11.8 Å². The van der Waals surface area contributed by atoms with Crippen LogP contribution >= 0.6 is 23.4 Å². The molecular formula is C24H20ClN5O2S. The minimum Gasteiger partial charge on any atom is -0.497 e. The van der Waals surface area contributed by atoms with E-state index in [1.54, 1.807) is 13.2 Å². The molecule has 4 aromatic rings. The molecule has 1 aliphatic heterocycles. The van der Waals surface area contributed by atoms with E-state index in [9.17, 15) is 4.79 Å². The molecular weight excluding hydrogens is 458 g/mol. The van der Waals surface area contributed by atoms with Crippen LogP contribution in [0.25, 0.3) is 11.4 Å². The first kappa shape index (κ1) is 21.4. The predicted molar refractivity (Wildman–Crippen MR) is 130 cm³/mol. The zero-order chi connectivity index (χ0) is 22.8. The topological polar surface area (TPSA) is 81.1 Å². The molecule has 0 fully saturated rings. The molecule has 0 saturated carbocycles. The number of methoxy groups -OCH3 is 1. The third-order valence-corrected chi connectivity index (χ3v) is 6.76. The van der Waals surface area contributed by atoms with Gasteiger partial charge in [-0.3, -0.25) is 4.79 Å². The van der Waals surface area contributed by atoms with E-state index >= 15 is 0 Å². The average Bonchev–Trinajstić information content (AvgIpc) is 3.27. The number of benzene rings is 3. The van der Waals surface area contributed by atoms with Crippen molar-refractivity contribution in [1.29, 1.82) is 0 Å². The molecule has 7 nitrogen and oxygen atoms in total. The van der Waals surface area contributed by atoms with Crippen LogP contribution in [0.2, 0.25) is 5.02 Å².